The van der Waals surface area contributed by atoms with Crippen LogP contribution in [0.25, 0.3) is 0 Å². The molecule has 2 aliphatic rings. The van der Waals surface area contributed by atoms with Gasteiger partial charge in [-0.2, -0.15) is 0 Å². The van der Waals surface area contributed by atoms with E-state index in [1.165, 1.54) is 10.5 Å². The van der Waals surface area contributed by atoms with E-state index in [-0.39, 0.29) is 35.4 Å². The van der Waals surface area contributed by atoms with Crippen molar-refractivity contribution in [1.29, 1.82) is 0 Å². The maximum absolute atomic E-state index is 13.3. The maximum atomic E-state index is 13.3. The Bertz CT molecular complexity index is 951. The lowest BCUT2D eigenvalue weighted by Crippen LogP contribution is -2.33. The maximum Gasteiger partial charge on any atom is 0.289 e. The van der Waals surface area contributed by atoms with Crippen molar-refractivity contribution in [3.63, 3.8) is 0 Å². The minimum absolute atomic E-state index is 0.000682. The first-order valence-electron chi connectivity index (χ1n) is 10.4. The quantitative estimate of drug-likeness (QED) is 0.642. The standard InChI is InChI=1S/C24H26N2O3S/c1-16(2)19-8-6-17(7-9-19)13-25(21-10-11-21)23(28)20-5-3-4-18(12-20)14-26-22(27)15-30-24(26)29/h3-9,12,16,21H,10-11,13-15H2,1-2H3. The Kier molecular flexibility index (Phi) is 5.95. The summed E-state index contributed by atoms with van der Waals surface area (Å²) in [6.45, 7) is 5.14. The van der Waals surface area contributed by atoms with Crippen molar-refractivity contribution in [3.8, 4) is 0 Å². The highest BCUT2D eigenvalue weighted by atomic mass is 32.2. The van der Waals surface area contributed by atoms with E-state index < -0.39 is 0 Å². The van der Waals surface area contributed by atoms with Gasteiger partial charge in [0.15, 0.2) is 0 Å². The van der Waals surface area contributed by atoms with Crippen molar-refractivity contribution in [2.24, 2.45) is 0 Å². The summed E-state index contributed by atoms with van der Waals surface area (Å²) >= 11 is 1.03. The Balaban J connectivity index is 1.50. The molecule has 156 valence electrons. The number of carbonyl (C=O) groups is 3. The van der Waals surface area contributed by atoms with Crippen LogP contribution in [0.15, 0.2) is 48.5 Å². The molecule has 6 heteroatoms. The molecule has 3 amide bonds. The lowest BCUT2D eigenvalue weighted by molar-refractivity contribution is -0.125. The number of imide groups is 1. The summed E-state index contributed by atoms with van der Waals surface area (Å²) in [5.41, 5.74) is 3.81. The fraction of sp³-hybridized carbons (Fsp3) is 0.375. The normalized spacial score (nSPS) is 16.4. The summed E-state index contributed by atoms with van der Waals surface area (Å²) < 4.78 is 0. The summed E-state index contributed by atoms with van der Waals surface area (Å²) in [6.07, 6.45) is 2.06. The minimum Gasteiger partial charge on any atom is -0.331 e. The Morgan fingerprint density at radius 3 is 2.43 bits per heavy atom. The van der Waals surface area contributed by atoms with E-state index in [2.05, 4.69) is 38.1 Å². The van der Waals surface area contributed by atoms with Crippen LogP contribution in [-0.2, 0) is 17.9 Å². The number of nitrogens with zero attached hydrogens (tertiary/aromatic N) is 2. The van der Waals surface area contributed by atoms with Gasteiger partial charge in [-0.15, -0.1) is 0 Å². The minimum atomic E-state index is -0.221. The number of hydrogen-bond donors (Lipinski definition) is 0. The average molecular weight is 423 g/mol. The first kappa shape index (κ1) is 20.7. The SMILES string of the molecule is CC(C)c1ccc(CN(C(=O)c2cccc(CN3C(=O)CSC3=O)c2)C2CC2)cc1. The van der Waals surface area contributed by atoms with Gasteiger partial charge in [0.2, 0.25) is 5.91 Å². The van der Waals surface area contributed by atoms with Crippen molar-refractivity contribution < 1.29 is 14.4 Å². The zero-order valence-electron chi connectivity index (χ0n) is 17.3. The fourth-order valence-electron chi connectivity index (χ4n) is 3.64. The molecule has 1 aliphatic heterocycles. The van der Waals surface area contributed by atoms with Crippen molar-refractivity contribution >= 4 is 28.8 Å². The second kappa shape index (κ2) is 8.64. The van der Waals surface area contributed by atoms with Crippen molar-refractivity contribution in [2.45, 2.75) is 51.7 Å². The van der Waals surface area contributed by atoms with Gasteiger partial charge >= 0.3 is 0 Å². The Morgan fingerprint density at radius 2 is 1.83 bits per heavy atom. The lowest BCUT2D eigenvalue weighted by atomic mass is 10.0. The molecular formula is C24H26N2O3S. The second-order valence-corrected chi connectivity index (χ2v) is 9.22. The monoisotopic (exact) mass is 422 g/mol. The molecule has 4 rings (SSSR count). The molecular weight excluding hydrogens is 396 g/mol. The predicted octanol–water partition coefficient (Wildman–Crippen LogP) is 4.81. The van der Waals surface area contributed by atoms with Crippen LogP contribution in [0, 0.1) is 0 Å². The van der Waals surface area contributed by atoms with Crippen LogP contribution < -0.4 is 0 Å². The van der Waals surface area contributed by atoms with Gasteiger partial charge in [0, 0.05) is 18.2 Å². The van der Waals surface area contributed by atoms with Crippen molar-refractivity contribution in [2.75, 3.05) is 5.75 Å². The molecule has 0 N–H and O–H groups in total. The van der Waals surface area contributed by atoms with E-state index in [0.717, 1.165) is 35.7 Å². The third kappa shape index (κ3) is 4.59. The summed E-state index contributed by atoms with van der Waals surface area (Å²) in [7, 11) is 0. The van der Waals surface area contributed by atoms with Gasteiger partial charge < -0.3 is 4.90 Å². The van der Waals surface area contributed by atoms with E-state index in [9.17, 15) is 14.4 Å². The molecule has 2 fully saturated rings. The van der Waals surface area contributed by atoms with Gasteiger partial charge in [0.25, 0.3) is 11.1 Å². The van der Waals surface area contributed by atoms with Crippen LogP contribution in [0.4, 0.5) is 4.79 Å². The van der Waals surface area contributed by atoms with Crippen LogP contribution in [-0.4, -0.2) is 38.6 Å². The molecule has 1 saturated carbocycles. The van der Waals surface area contributed by atoms with Crippen LogP contribution in [0.1, 0.15) is 59.7 Å². The highest BCUT2D eigenvalue weighted by Crippen LogP contribution is 2.30. The number of thioether (sulfide) groups is 1. The number of hydrogen-bond acceptors (Lipinski definition) is 4. The largest absolute Gasteiger partial charge is 0.331 e. The zero-order chi connectivity index (χ0) is 21.3. The predicted molar refractivity (Wildman–Crippen MR) is 118 cm³/mol. The molecule has 5 nitrogen and oxygen atoms in total. The highest BCUT2D eigenvalue weighted by Gasteiger charge is 2.33. The molecule has 0 radical (unpaired) electrons. The van der Waals surface area contributed by atoms with Gasteiger partial charge in [-0.25, -0.2) is 0 Å². The van der Waals surface area contributed by atoms with Crippen LogP contribution in [0.3, 0.4) is 0 Å². The van der Waals surface area contributed by atoms with E-state index in [4.69, 9.17) is 0 Å². The number of benzene rings is 2. The molecule has 1 heterocycles. The number of amides is 3. The summed E-state index contributed by atoms with van der Waals surface area (Å²) in [5, 5.41) is -0.221. The second-order valence-electron chi connectivity index (χ2n) is 8.30. The Hall–Kier alpha value is -2.60. The van der Waals surface area contributed by atoms with Gasteiger partial charge in [-0.3, -0.25) is 19.3 Å². The zero-order valence-corrected chi connectivity index (χ0v) is 18.2. The van der Waals surface area contributed by atoms with E-state index in [1.54, 1.807) is 0 Å². The molecule has 1 aliphatic carbocycles. The van der Waals surface area contributed by atoms with Gasteiger partial charge in [0.05, 0.1) is 12.3 Å². The third-order valence-corrected chi connectivity index (χ3v) is 6.46. The van der Waals surface area contributed by atoms with Gasteiger partial charge in [-0.1, -0.05) is 62.0 Å². The molecule has 0 atom stereocenters. The number of carbonyl (C=O) groups excluding carboxylic acids is 3. The van der Waals surface area contributed by atoms with Gasteiger partial charge in [0.1, 0.15) is 0 Å². The number of rotatable bonds is 7. The van der Waals surface area contributed by atoms with Crippen molar-refractivity contribution in [1.82, 2.24) is 9.80 Å². The van der Waals surface area contributed by atoms with Crippen LogP contribution in [0.5, 0.6) is 0 Å². The fourth-order valence-corrected chi connectivity index (χ4v) is 4.37. The van der Waals surface area contributed by atoms with Gasteiger partial charge in [-0.05, 0) is 47.6 Å². The molecule has 0 spiro atoms. The Morgan fingerprint density at radius 1 is 1.10 bits per heavy atom. The van der Waals surface area contributed by atoms with E-state index in [0.29, 0.717) is 18.0 Å². The van der Waals surface area contributed by atoms with E-state index >= 15 is 0 Å². The third-order valence-electron chi connectivity index (χ3n) is 5.60. The first-order chi connectivity index (χ1) is 14.4. The molecule has 30 heavy (non-hydrogen) atoms. The van der Waals surface area contributed by atoms with Crippen molar-refractivity contribution in [3.05, 3.63) is 70.8 Å². The van der Waals surface area contributed by atoms with Crippen LogP contribution >= 0.6 is 11.8 Å². The smallest absolute Gasteiger partial charge is 0.289 e. The topological polar surface area (TPSA) is 57.7 Å². The highest BCUT2D eigenvalue weighted by molar-refractivity contribution is 8.14. The Labute approximate surface area is 181 Å². The summed E-state index contributed by atoms with van der Waals surface area (Å²) in [6, 6.07) is 16.1. The molecule has 0 unspecified atom stereocenters. The molecule has 2 aromatic rings. The van der Waals surface area contributed by atoms with E-state index in [1.807, 2.05) is 29.2 Å². The summed E-state index contributed by atoms with van der Waals surface area (Å²) in [5.74, 6) is 0.505. The average Bonchev–Trinajstić information content (AvgIpc) is 3.54. The van der Waals surface area contributed by atoms with Crippen LogP contribution in [0.2, 0.25) is 0 Å². The molecule has 2 aromatic carbocycles. The molecule has 0 bridgehead atoms. The lowest BCUT2D eigenvalue weighted by Gasteiger charge is -2.23. The first-order valence-corrected chi connectivity index (χ1v) is 11.4. The summed E-state index contributed by atoms with van der Waals surface area (Å²) in [4.78, 5) is 40.3. The molecule has 0 aromatic heterocycles. The molecule has 1 saturated heterocycles.